The van der Waals surface area contributed by atoms with Gasteiger partial charge in [-0.05, 0) is 20.1 Å². The van der Waals surface area contributed by atoms with E-state index in [1.54, 1.807) is 18.7 Å². The second kappa shape index (κ2) is 5.50. The Balaban J connectivity index is 3.62. The van der Waals surface area contributed by atoms with Gasteiger partial charge in [0.05, 0.1) is 5.92 Å². The SMILES string of the molecule is CSC(C)(C)CNCC(C)C(=O)O. The number of hydrogen-bond acceptors (Lipinski definition) is 3. The maximum Gasteiger partial charge on any atom is 0.307 e. The van der Waals surface area contributed by atoms with Crippen LogP contribution in [0.4, 0.5) is 0 Å². The molecule has 0 aliphatic heterocycles. The summed E-state index contributed by atoms with van der Waals surface area (Å²) in [6.45, 7) is 7.36. The van der Waals surface area contributed by atoms with Gasteiger partial charge >= 0.3 is 5.97 Å². The highest BCUT2D eigenvalue weighted by molar-refractivity contribution is 7.99. The average molecular weight is 205 g/mol. The van der Waals surface area contributed by atoms with E-state index in [-0.39, 0.29) is 10.7 Å². The molecule has 0 aliphatic rings. The summed E-state index contributed by atoms with van der Waals surface area (Å²) in [5, 5.41) is 11.8. The van der Waals surface area contributed by atoms with E-state index < -0.39 is 5.97 Å². The number of nitrogens with one attached hydrogen (secondary N) is 1. The van der Waals surface area contributed by atoms with Crippen LogP contribution in [-0.2, 0) is 4.79 Å². The van der Waals surface area contributed by atoms with Gasteiger partial charge in [0, 0.05) is 17.8 Å². The third kappa shape index (κ3) is 5.93. The lowest BCUT2D eigenvalue weighted by Gasteiger charge is -2.22. The summed E-state index contributed by atoms with van der Waals surface area (Å²) >= 11 is 1.78. The molecular formula is C9H19NO2S. The normalized spacial score (nSPS) is 14.2. The number of thioether (sulfide) groups is 1. The Hall–Kier alpha value is -0.220. The van der Waals surface area contributed by atoms with Crippen LogP contribution in [0.5, 0.6) is 0 Å². The smallest absolute Gasteiger partial charge is 0.307 e. The van der Waals surface area contributed by atoms with Crippen LogP contribution in [-0.4, -0.2) is 35.2 Å². The van der Waals surface area contributed by atoms with Gasteiger partial charge < -0.3 is 10.4 Å². The highest BCUT2D eigenvalue weighted by Crippen LogP contribution is 2.19. The monoisotopic (exact) mass is 205 g/mol. The lowest BCUT2D eigenvalue weighted by molar-refractivity contribution is -0.140. The molecule has 3 nitrogen and oxygen atoms in total. The first-order valence-corrected chi connectivity index (χ1v) is 5.60. The molecule has 1 unspecified atom stereocenters. The van der Waals surface area contributed by atoms with Crippen LogP contribution in [0, 0.1) is 5.92 Å². The van der Waals surface area contributed by atoms with Crippen LogP contribution in [0.25, 0.3) is 0 Å². The summed E-state index contributed by atoms with van der Waals surface area (Å²) in [6.07, 6.45) is 2.06. The molecule has 2 N–H and O–H groups in total. The Morgan fingerprint density at radius 1 is 1.62 bits per heavy atom. The van der Waals surface area contributed by atoms with E-state index in [1.807, 2.05) is 0 Å². The number of rotatable bonds is 6. The summed E-state index contributed by atoms with van der Waals surface area (Å²) in [5.74, 6) is -1.05. The fourth-order valence-electron chi connectivity index (χ4n) is 0.749. The van der Waals surface area contributed by atoms with E-state index in [0.717, 1.165) is 6.54 Å². The first-order chi connectivity index (χ1) is 5.89. The van der Waals surface area contributed by atoms with Crippen LogP contribution in [0.15, 0.2) is 0 Å². The van der Waals surface area contributed by atoms with Gasteiger partial charge in [0.1, 0.15) is 0 Å². The van der Waals surface area contributed by atoms with Crippen LogP contribution >= 0.6 is 11.8 Å². The van der Waals surface area contributed by atoms with Crippen LogP contribution in [0.1, 0.15) is 20.8 Å². The van der Waals surface area contributed by atoms with Gasteiger partial charge in [0.15, 0.2) is 0 Å². The summed E-state index contributed by atoms with van der Waals surface area (Å²) in [7, 11) is 0. The second-order valence-corrected chi connectivity index (χ2v) is 5.35. The third-order valence-electron chi connectivity index (χ3n) is 1.98. The molecular weight excluding hydrogens is 186 g/mol. The third-order valence-corrected chi connectivity index (χ3v) is 3.22. The predicted molar refractivity (Wildman–Crippen MR) is 57.3 cm³/mol. The van der Waals surface area contributed by atoms with Gasteiger partial charge in [0.2, 0.25) is 0 Å². The fraction of sp³-hybridized carbons (Fsp3) is 0.889. The van der Waals surface area contributed by atoms with Crippen molar-refractivity contribution in [3.05, 3.63) is 0 Å². The minimum Gasteiger partial charge on any atom is -0.481 e. The molecule has 0 aliphatic carbocycles. The summed E-state index contributed by atoms with van der Waals surface area (Å²) in [4.78, 5) is 10.5. The highest BCUT2D eigenvalue weighted by atomic mass is 32.2. The maximum atomic E-state index is 10.5. The minimum atomic E-state index is -0.741. The topological polar surface area (TPSA) is 49.3 Å². The van der Waals surface area contributed by atoms with Gasteiger partial charge in [-0.15, -0.1) is 0 Å². The zero-order valence-electron chi connectivity index (χ0n) is 8.76. The standard InChI is InChI=1S/C9H19NO2S/c1-7(8(11)12)5-10-6-9(2,3)13-4/h7,10H,5-6H2,1-4H3,(H,11,12). The van der Waals surface area contributed by atoms with E-state index in [0.29, 0.717) is 6.54 Å². The van der Waals surface area contributed by atoms with E-state index in [9.17, 15) is 4.79 Å². The molecule has 0 saturated carbocycles. The Kier molecular flexibility index (Phi) is 5.40. The largest absolute Gasteiger partial charge is 0.481 e. The van der Waals surface area contributed by atoms with Gasteiger partial charge in [-0.2, -0.15) is 11.8 Å². The summed E-state index contributed by atoms with van der Waals surface area (Å²) in [6, 6.07) is 0. The van der Waals surface area contributed by atoms with Crippen LogP contribution in [0.3, 0.4) is 0 Å². The van der Waals surface area contributed by atoms with Crippen molar-refractivity contribution in [1.29, 1.82) is 0 Å². The first kappa shape index (κ1) is 12.8. The molecule has 4 heteroatoms. The van der Waals surface area contributed by atoms with Crippen molar-refractivity contribution in [3.63, 3.8) is 0 Å². The molecule has 0 amide bonds. The lowest BCUT2D eigenvalue weighted by Crippen LogP contribution is -2.36. The summed E-state index contributed by atoms with van der Waals surface area (Å²) < 4.78 is 0.179. The Morgan fingerprint density at radius 3 is 2.54 bits per heavy atom. The molecule has 0 heterocycles. The average Bonchev–Trinajstić information content (AvgIpc) is 2.04. The Labute approximate surface area is 84.3 Å². The fourth-order valence-corrected chi connectivity index (χ4v) is 0.996. The van der Waals surface area contributed by atoms with Crippen molar-refractivity contribution in [1.82, 2.24) is 5.32 Å². The van der Waals surface area contributed by atoms with Crippen molar-refractivity contribution < 1.29 is 9.90 Å². The quantitative estimate of drug-likeness (QED) is 0.689. The van der Waals surface area contributed by atoms with Gasteiger partial charge in [-0.25, -0.2) is 0 Å². The molecule has 0 fully saturated rings. The molecule has 0 spiro atoms. The highest BCUT2D eigenvalue weighted by Gasteiger charge is 2.16. The van der Waals surface area contributed by atoms with E-state index in [2.05, 4.69) is 25.4 Å². The molecule has 1 atom stereocenters. The van der Waals surface area contributed by atoms with Crippen molar-refractivity contribution >= 4 is 17.7 Å². The van der Waals surface area contributed by atoms with Crippen molar-refractivity contribution in [2.75, 3.05) is 19.3 Å². The van der Waals surface area contributed by atoms with Gasteiger partial charge in [-0.3, -0.25) is 4.79 Å². The van der Waals surface area contributed by atoms with E-state index >= 15 is 0 Å². The number of hydrogen-bond donors (Lipinski definition) is 2. The van der Waals surface area contributed by atoms with Gasteiger partial charge in [0.25, 0.3) is 0 Å². The lowest BCUT2D eigenvalue weighted by atomic mass is 10.1. The van der Waals surface area contributed by atoms with Crippen LogP contribution < -0.4 is 5.32 Å². The molecule has 0 aromatic carbocycles. The number of carboxylic acids is 1. The van der Waals surface area contributed by atoms with E-state index in [1.165, 1.54) is 0 Å². The Morgan fingerprint density at radius 2 is 2.15 bits per heavy atom. The number of aliphatic carboxylic acids is 1. The minimum absolute atomic E-state index is 0.179. The van der Waals surface area contributed by atoms with Crippen LogP contribution in [0.2, 0.25) is 0 Å². The first-order valence-electron chi connectivity index (χ1n) is 4.38. The zero-order valence-corrected chi connectivity index (χ0v) is 9.57. The number of carbonyl (C=O) groups is 1. The van der Waals surface area contributed by atoms with Crippen molar-refractivity contribution in [2.45, 2.75) is 25.5 Å². The van der Waals surface area contributed by atoms with Crippen molar-refractivity contribution in [3.8, 4) is 0 Å². The molecule has 0 aromatic heterocycles. The molecule has 0 aromatic rings. The van der Waals surface area contributed by atoms with Crippen molar-refractivity contribution in [2.24, 2.45) is 5.92 Å². The molecule has 0 rings (SSSR count). The van der Waals surface area contributed by atoms with E-state index in [4.69, 9.17) is 5.11 Å². The Bertz CT molecular complexity index is 171. The molecule has 78 valence electrons. The number of carboxylic acid groups (broad SMARTS) is 1. The second-order valence-electron chi connectivity index (χ2n) is 3.83. The maximum absolute atomic E-state index is 10.5. The molecule has 0 radical (unpaired) electrons. The molecule has 0 saturated heterocycles. The molecule has 13 heavy (non-hydrogen) atoms. The molecule has 0 bridgehead atoms. The zero-order chi connectivity index (χ0) is 10.5. The predicted octanol–water partition coefficient (Wildman–Crippen LogP) is 1.44. The van der Waals surface area contributed by atoms with Gasteiger partial charge in [-0.1, -0.05) is 6.92 Å². The summed E-state index contributed by atoms with van der Waals surface area (Å²) in [5.41, 5.74) is 0.